The van der Waals surface area contributed by atoms with Crippen molar-refractivity contribution in [3.8, 4) is 5.75 Å². The van der Waals surface area contributed by atoms with Crippen molar-refractivity contribution in [1.82, 2.24) is 0 Å². The van der Waals surface area contributed by atoms with Crippen molar-refractivity contribution >= 4 is 23.2 Å². The predicted molar refractivity (Wildman–Crippen MR) is 77.1 cm³/mol. The highest BCUT2D eigenvalue weighted by molar-refractivity contribution is 6.32. The lowest BCUT2D eigenvalue weighted by molar-refractivity contribution is 0.118. The third-order valence-electron chi connectivity index (χ3n) is 2.91. The molecule has 1 saturated heterocycles. The van der Waals surface area contributed by atoms with Crippen molar-refractivity contribution in [3.05, 3.63) is 23.2 Å². The van der Waals surface area contributed by atoms with Crippen molar-refractivity contribution in [1.29, 1.82) is 0 Å². The minimum atomic E-state index is 0.194. The maximum Gasteiger partial charge on any atom is 0.193 e. The molecule has 104 valence electrons. The van der Waals surface area contributed by atoms with E-state index in [0.717, 1.165) is 25.1 Å². The van der Waals surface area contributed by atoms with Crippen LogP contribution in [-0.2, 0) is 4.74 Å². The number of nitrogens with two attached hydrogens (primary N) is 1. The van der Waals surface area contributed by atoms with E-state index in [-0.39, 0.29) is 6.10 Å². The summed E-state index contributed by atoms with van der Waals surface area (Å²) in [7, 11) is 1.58. The van der Waals surface area contributed by atoms with Crippen molar-refractivity contribution in [2.45, 2.75) is 18.9 Å². The number of halogens is 1. The average Bonchev–Trinajstić information content (AvgIpc) is 2.90. The van der Waals surface area contributed by atoms with Gasteiger partial charge in [-0.05, 0) is 31.0 Å². The first kappa shape index (κ1) is 14.0. The summed E-state index contributed by atoms with van der Waals surface area (Å²) < 4.78 is 10.6. The Morgan fingerprint density at radius 3 is 3.11 bits per heavy atom. The Hall–Kier alpha value is -1.46. The second-order valence-corrected chi connectivity index (χ2v) is 4.74. The fourth-order valence-electron chi connectivity index (χ4n) is 1.92. The van der Waals surface area contributed by atoms with Gasteiger partial charge in [0.15, 0.2) is 5.96 Å². The van der Waals surface area contributed by atoms with Crippen molar-refractivity contribution in [2.24, 2.45) is 10.7 Å². The number of rotatable bonds is 4. The first-order valence-electron chi connectivity index (χ1n) is 6.21. The molecule has 6 heteroatoms. The van der Waals surface area contributed by atoms with Gasteiger partial charge in [-0.1, -0.05) is 11.6 Å². The van der Waals surface area contributed by atoms with E-state index in [2.05, 4.69) is 10.3 Å². The number of guanidine groups is 1. The lowest BCUT2D eigenvalue weighted by atomic mass is 10.2. The molecule has 2 rings (SSSR count). The molecule has 1 aromatic rings. The van der Waals surface area contributed by atoms with E-state index in [1.165, 1.54) is 0 Å². The third-order valence-corrected chi connectivity index (χ3v) is 3.21. The Kier molecular flexibility index (Phi) is 4.87. The van der Waals surface area contributed by atoms with Gasteiger partial charge in [-0.25, -0.2) is 0 Å². The van der Waals surface area contributed by atoms with Gasteiger partial charge < -0.3 is 20.5 Å². The molecule has 0 aromatic heterocycles. The molecule has 0 amide bonds. The van der Waals surface area contributed by atoms with Crippen molar-refractivity contribution < 1.29 is 9.47 Å². The van der Waals surface area contributed by atoms with E-state index in [0.29, 0.717) is 23.3 Å². The van der Waals surface area contributed by atoms with Crippen LogP contribution in [0.5, 0.6) is 5.75 Å². The highest BCUT2D eigenvalue weighted by Gasteiger charge is 2.14. The first-order chi connectivity index (χ1) is 9.19. The van der Waals surface area contributed by atoms with Gasteiger partial charge in [-0.2, -0.15) is 0 Å². The SMILES string of the molecule is COc1ccc(NC(N)=NCC2CCCO2)cc1Cl. The van der Waals surface area contributed by atoms with Crippen LogP contribution in [0.25, 0.3) is 0 Å². The highest BCUT2D eigenvalue weighted by atomic mass is 35.5. The Morgan fingerprint density at radius 1 is 1.63 bits per heavy atom. The van der Waals surface area contributed by atoms with Crippen molar-refractivity contribution in [3.63, 3.8) is 0 Å². The van der Waals surface area contributed by atoms with E-state index in [9.17, 15) is 0 Å². The summed E-state index contributed by atoms with van der Waals surface area (Å²) in [5.74, 6) is 0.985. The summed E-state index contributed by atoms with van der Waals surface area (Å²) in [5, 5.41) is 3.52. The molecule has 1 fully saturated rings. The summed E-state index contributed by atoms with van der Waals surface area (Å²) in [6.45, 7) is 1.41. The molecule has 0 spiro atoms. The monoisotopic (exact) mass is 283 g/mol. The third kappa shape index (κ3) is 4.01. The first-order valence-corrected chi connectivity index (χ1v) is 6.59. The fourth-order valence-corrected chi connectivity index (χ4v) is 2.18. The summed E-state index contributed by atoms with van der Waals surface area (Å²) in [6.07, 6.45) is 2.34. The Labute approximate surface area is 117 Å². The Balaban J connectivity index is 1.92. The zero-order valence-corrected chi connectivity index (χ0v) is 11.6. The number of aliphatic imine (C=N–C) groups is 1. The molecule has 0 aliphatic carbocycles. The predicted octanol–water partition coefficient (Wildman–Crippen LogP) is 2.25. The second kappa shape index (κ2) is 6.63. The number of nitrogens with zero attached hydrogens (tertiary/aromatic N) is 1. The van der Waals surface area contributed by atoms with Crippen molar-refractivity contribution in [2.75, 3.05) is 25.6 Å². The minimum absolute atomic E-state index is 0.194. The second-order valence-electron chi connectivity index (χ2n) is 4.34. The molecule has 3 N–H and O–H groups in total. The van der Waals surface area contributed by atoms with Crippen LogP contribution < -0.4 is 15.8 Å². The van der Waals surface area contributed by atoms with Gasteiger partial charge in [-0.3, -0.25) is 4.99 Å². The van der Waals surface area contributed by atoms with Crippen LogP contribution in [0.4, 0.5) is 5.69 Å². The molecule has 1 aromatic carbocycles. The van der Waals surface area contributed by atoms with Gasteiger partial charge in [-0.15, -0.1) is 0 Å². The van der Waals surface area contributed by atoms with Crippen LogP contribution in [-0.4, -0.2) is 32.3 Å². The standard InChI is InChI=1S/C13H18ClN3O2/c1-18-12-5-4-9(7-11(12)14)17-13(15)16-8-10-3-2-6-19-10/h4-5,7,10H,2-3,6,8H2,1H3,(H3,15,16,17). The molecule has 19 heavy (non-hydrogen) atoms. The highest BCUT2D eigenvalue weighted by Crippen LogP contribution is 2.27. The van der Waals surface area contributed by atoms with Crippen LogP contribution in [0.3, 0.4) is 0 Å². The zero-order chi connectivity index (χ0) is 13.7. The Morgan fingerprint density at radius 2 is 2.47 bits per heavy atom. The summed E-state index contributed by atoms with van der Waals surface area (Å²) in [4.78, 5) is 4.26. The molecule has 1 atom stereocenters. The maximum absolute atomic E-state index is 6.03. The normalized spacial score (nSPS) is 19.5. The molecule has 0 saturated carbocycles. The van der Waals surface area contributed by atoms with E-state index in [1.807, 2.05) is 6.07 Å². The minimum Gasteiger partial charge on any atom is -0.495 e. The number of nitrogens with one attached hydrogen (secondary N) is 1. The number of hydrogen-bond acceptors (Lipinski definition) is 3. The number of methoxy groups -OCH3 is 1. The van der Waals surface area contributed by atoms with Gasteiger partial charge in [0.2, 0.25) is 0 Å². The summed E-state index contributed by atoms with van der Waals surface area (Å²) in [5.41, 5.74) is 6.59. The molecule has 1 aliphatic rings. The Bertz CT molecular complexity index is 459. The molecule has 1 unspecified atom stereocenters. The number of ether oxygens (including phenoxy) is 2. The largest absolute Gasteiger partial charge is 0.495 e. The van der Waals surface area contributed by atoms with Gasteiger partial charge in [0.25, 0.3) is 0 Å². The van der Waals surface area contributed by atoms with Gasteiger partial charge in [0, 0.05) is 12.3 Å². The lowest BCUT2D eigenvalue weighted by Gasteiger charge is -2.10. The average molecular weight is 284 g/mol. The number of hydrogen-bond donors (Lipinski definition) is 2. The van der Waals surface area contributed by atoms with Crippen LogP contribution >= 0.6 is 11.6 Å². The van der Waals surface area contributed by atoms with E-state index in [1.54, 1.807) is 19.2 Å². The maximum atomic E-state index is 6.03. The van der Waals surface area contributed by atoms with Crippen LogP contribution in [0.15, 0.2) is 23.2 Å². The summed E-state index contributed by atoms with van der Waals surface area (Å²) >= 11 is 6.03. The fraction of sp³-hybridized carbons (Fsp3) is 0.462. The number of anilines is 1. The molecular formula is C13H18ClN3O2. The van der Waals surface area contributed by atoms with Crippen LogP contribution in [0.1, 0.15) is 12.8 Å². The smallest absolute Gasteiger partial charge is 0.193 e. The summed E-state index contributed by atoms with van der Waals surface area (Å²) in [6, 6.07) is 5.35. The molecule has 1 heterocycles. The van der Waals surface area contributed by atoms with E-state index < -0.39 is 0 Å². The van der Waals surface area contributed by atoms with Crippen LogP contribution in [0, 0.1) is 0 Å². The van der Waals surface area contributed by atoms with Gasteiger partial charge in [0.1, 0.15) is 5.75 Å². The molecular weight excluding hydrogens is 266 g/mol. The zero-order valence-electron chi connectivity index (χ0n) is 10.9. The molecule has 0 bridgehead atoms. The molecule has 1 aliphatic heterocycles. The molecule has 0 radical (unpaired) electrons. The van der Waals surface area contributed by atoms with E-state index in [4.69, 9.17) is 26.8 Å². The quantitative estimate of drug-likeness (QED) is 0.657. The van der Waals surface area contributed by atoms with Crippen LogP contribution in [0.2, 0.25) is 5.02 Å². The van der Waals surface area contributed by atoms with E-state index >= 15 is 0 Å². The van der Waals surface area contributed by atoms with Gasteiger partial charge in [0.05, 0.1) is 24.8 Å². The van der Waals surface area contributed by atoms with Gasteiger partial charge >= 0.3 is 0 Å². The topological polar surface area (TPSA) is 68.9 Å². The lowest BCUT2D eigenvalue weighted by Crippen LogP contribution is -2.24. The molecule has 5 nitrogen and oxygen atoms in total. The number of benzene rings is 1.